The molecule has 3 heterocycles. The predicted molar refractivity (Wildman–Crippen MR) is 108 cm³/mol. The number of rotatable bonds is 5. The number of hydrogen-bond donors (Lipinski definition) is 1. The molecular formula is C19H21Cl2N3O4. The van der Waals surface area contributed by atoms with Crippen molar-refractivity contribution in [2.24, 2.45) is 0 Å². The van der Waals surface area contributed by atoms with Crippen LogP contribution in [0.5, 0.6) is 0 Å². The number of ketones is 1. The average Bonchev–Trinajstić information content (AvgIpc) is 3.24. The summed E-state index contributed by atoms with van der Waals surface area (Å²) in [5.74, 6) is -0.499. The molecule has 0 bridgehead atoms. The number of fused-ring (bicyclic) bond motifs is 1. The first kappa shape index (κ1) is 21.8. The highest BCUT2D eigenvalue weighted by atomic mass is 35.5. The molecule has 0 atom stereocenters. The number of carbonyl (C=O) groups excluding carboxylic acids is 2. The summed E-state index contributed by atoms with van der Waals surface area (Å²) in [6.07, 6.45) is 6.49. The number of halogens is 2. The lowest BCUT2D eigenvalue weighted by Crippen LogP contribution is -2.15. The molecular weight excluding hydrogens is 405 g/mol. The van der Waals surface area contributed by atoms with Gasteiger partial charge in [-0.05, 0) is 18.6 Å². The maximum atomic E-state index is 11.5. The van der Waals surface area contributed by atoms with Gasteiger partial charge in [0.25, 0.3) is 5.56 Å². The van der Waals surface area contributed by atoms with Gasteiger partial charge in [-0.2, -0.15) is 0 Å². The summed E-state index contributed by atoms with van der Waals surface area (Å²) in [7, 11) is 1.28. The summed E-state index contributed by atoms with van der Waals surface area (Å²) < 4.78 is 7.83. The lowest BCUT2D eigenvalue weighted by atomic mass is 10.3. The van der Waals surface area contributed by atoms with Crippen LogP contribution in [0, 0.1) is 0 Å². The molecule has 0 amide bonds. The fourth-order valence-electron chi connectivity index (χ4n) is 2.53. The van der Waals surface area contributed by atoms with Crippen LogP contribution >= 0.6 is 23.2 Å². The first-order valence-electron chi connectivity index (χ1n) is 8.65. The summed E-state index contributed by atoms with van der Waals surface area (Å²) in [5, 5.41) is 0.787. The quantitative estimate of drug-likeness (QED) is 0.630. The van der Waals surface area contributed by atoms with Crippen molar-refractivity contribution in [1.82, 2.24) is 14.0 Å². The maximum Gasteiger partial charge on any atom is 0.356 e. The normalized spacial score (nSPS) is 10.5. The van der Waals surface area contributed by atoms with Crippen LogP contribution in [0.25, 0.3) is 5.52 Å². The molecule has 0 aromatic carbocycles. The molecule has 0 saturated heterocycles. The van der Waals surface area contributed by atoms with Gasteiger partial charge >= 0.3 is 5.97 Å². The van der Waals surface area contributed by atoms with Crippen LogP contribution in [0.2, 0.25) is 10.0 Å². The molecule has 9 heteroatoms. The van der Waals surface area contributed by atoms with E-state index in [1.807, 2.05) is 13.1 Å². The monoisotopic (exact) mass is 425 g/mol. The Morgan fingerprint density at radius 3 is 2.43 bits per heavy atom. The van der Waals surface area contributed by atoms with E-state index in [9.17, 15) is 14.4 Å². The van der Waals surface area contributed by atoms with Crippen LogP contribution in [-0.4, -0.2) is 32.8 Å². The van der Waals surface area contributed by atoms with Gasteiger partial charge < -0.3 is 18.7 Å². The minimum Gasteiger partial charge on any atom is -0.464 e. The minimum atomic E-state index is -0.533. The van der Waals surface area contributed by atoms with Crippen molar-refractivity contribution >= 4 is 40.5 Å². The van der Waals surface area contributed by atoms with Gasteiger partial charge in [-0.3, -0.25) is 9.59 Å². The first-order valence-corrected chi connectivity index (χ1v) is 9.40. The van der Waals surface area contributed by atoms with Crippen molar-refractivity contribution in [3.8, 4) is 0 Å². The molecule has 3 rings (SSSR count). The molecule has 150 valence electrons. The molecule has 0 saturated carbocycles. The molecule has 0 aliphatic heterocycles. The fourth-order valence-corrected chi connectivity index (χ4v) is 3.01. The number of methoxy groups -OCH3 is 1. The number of ether oxygens (including phenoxy) is 1. The maximum absolute atomic E-state index is 11.5. The SMILES string of the molecule is CCC(=O)Cn1ccc(Cl)c1C(=O)OC.CCc1cn2ccc(Cl)c2c(=O)[nH]1. The molecule has 28 heavy (non-hydrogen) atoms. The van der Waals surface area contributed by atoms with E-state index in [2.05, 4.69) is 9.72 Å². The second-order valence-corrected chi connectivity index (χ2v) is 6.72. The zero-order chi connectivity index (χ0) is 20.8. The van der Waals surface area contributed by atoms with Crippen molar-refractivity contribution in [2.75, 3.05) is 7.11 Å². The number of Topliss-reactive ketones (excluding diaryl/α,β-unsaturated/α-hetero) is 1. The minimum absolute atomic E-state index is 0.0346. The number of nitrogens with zero attached hydrogens (tertiary/aromatic N) is 2. The van der Waals surface area contributed by atoms with E-state index in [0.29, 0.717) is 22.0 Å². The Bertz CT molecular complexity index is 1050. The lowest BCUT2D eigenvalue weighted by molar-refractivity contribution is -0.119. The lowest BCUT2D eigenvalue weighted by Gasteiger charge is -2.06. The second-order valence-electron chi connectivity index (χ2n) is 5.91. The Balaban J connectivity index is 0.000000202. The van der Waals surface area contributed by atoms with Crippen LogP contribution < -0.4 is 5.56 Å². The Kier molecular flexibility index (Phi) is 7.48. The average molecular weight is 426 g/mol. The molecule has 0 radical (unpaired) electrons. The molecule has 0 aliphatic rings. The topological polar surface area (TPSA) is 85.6 Å². The molecule has 7 nitrogen and oxygen atoms in total. The van der Waals surface area contributed by atoms with Gasteiger partial charge in [0.05, 0.1) is 23.7 Å². The van der Waals surface area contributed by atoms with Crippen molar-refractivity contribution in [3.05, 3.63) is 62.5 Å². The van der Waals surface area contributed by atoms with E-state index in [1.54, 1.807) is 35.9 Å². The van der Waals surface area contributed by atoms with Gasteiger partial charge in [0.1, 0.15) is 11.2 Å². The smallest absolute Gasteiger partial charge is 0.356 e. The fraction of sp³-hybridized carbons (Fsp3) is 0.316. The van der Waals surface area contributed by atoms with E-state index in [1.165, 1.54) is 11.7 Å². The number of aromatic amines is 1. The van der Waals surface area contributed by atoms with E-state index in [0.717, 1.165) is 12.1 Å². The predicted octanol–water partition coefficient (Wildman–Crippen LogP) is 3.75. The zero-order valence-corrected chi connectivity index (χ0v) is 17.3. The van der Waals surface area contributed by atoms with Gasteiger partial charge in [-0.25, -0.2) is 4.79 Å². The number of hydrogen-bond acceptors (Lipinski definition) is 4. The van der Waals surface area contributed by atoms with E-state index in [4.69, 9.17) is 23.2 Å². The summed E-state index contributed by atoms with van der Waals surface area (Å²) in [4.78, 5) is 36.8. The molecule has 3 aromatic rings. The van der Waals surface area contributed by atoms with Gasteiger partial charge in [0.15, 0.2) is 5.78 Å². The van der Waals surface area contributed by atoms with Gasteiger partial charge in [0, 0.05) is 30.7 Å². The highest BCUT2D eigenvalue weighted by Crippen LogP contribution is 2.18. The number of nitrogens with one attached hydrogen (secondary N) is 1. The Morgan fingerprint density at radius 2 is 1.82 bits per heavy atom. The highest BCUT2D eigenvalue weighted by molar-refractivity contribution is 6.34. The summed E-state index contributed by atoms with van der Waals surface area (Å²) in [6, 6.07) is 3.28. The number of aromatic nitrogens is 3. The molecule has 3 aromatic heterocycles. The van der Waals surface area contributed by atoms with Crippen molar-refractivity contribution in [1.29, 1.82) is 0 Å². The molecule has 0 aliphatic carbocycles. The van der Waals surface area contributed by atoms with Gasteiger partial charge in [-0.15, -0.1) is 0 Å². The van der Waals surface area contributed by atoms with Crippen LogP contribution in [0.3, 0.4) is 0 Å². The molecule has 0 fully saturated rings. The van der Waals surface area contributed by atoms with Crippen LogP contribution in [0.1, 0.15) is 36.5 Å². The summed E-state index contributed by atoms with van der Waals surface area (Å²) in [5.41, 5.74) is 1.51. The number of H-pyrrole nitrogens is 1. The van der Waals surface area contributed by atoms with E-state index >= 15 is 0 Å². The Labute approximate surface area is 171 Å². The molecule has 0 unspecified atom stereocenters. The second kappa shape index (κ2) is 9.61. The summed E-state index contributed by atoms with van der Waals surface area (Å²) in [6.45, 7) is 3.90. The molecule has 1 N–H and O–H groups in total. The summed E-state index contributed by atoms with van der Waals surface area (Å²) >= 11 is 11.6. The number of aryl methyl sites for hydroxylation is 1. The third-order valence-corrected chi connectivity index (χ3v) is 4.67. The zero-order valence-electron chi connectivity index (χ0n) is 15.8. The number of esters is 1. The van der Waals surface area contributed by atoms with Crippen LogP contribution in [0.15, 0.2) is 35.5 Å². The largest absolute Gasteiger partial charge is 0.464 e. The van der Waals surface area contributed by atoms with E-state index in [-0.39, 0.29) is 23.6 Å². The first-order chi connectivity index (χ1) is 13.3. The van der Waals surface area contributed by atoms with Crippen molar-refractivity contribution in [2.45, 2.75) is 33.2 Å². The van der Waals surface area contributed by atoms with Crippen molar-refractivity contribution < 1.29 is 14.3 Å². The standard InChI is InChI=1S/C10H12ClNO3.C9H9ClN2O/c1-3-7(13)6-12-5-4-8(11)9(12)10(14)15-2;1-2-6-5-12-4-3-7(10)8(12)9(13)11-6/h4-5H,3,6H2,1-2H3;3-5H,2H2,1H3,(H,11,13). The third kappa shape index (κ3) is 4.85. The van der Waals surface area contributed by atoms with Gasteiger partial charge in [-0.1, -0.05) is 37.0 Å². The number of carbonyl (C=O) groups is 2. The van der Waals surface area contributed by atoms with Crippen molar-refractivity contribution in [3.63, 3.8) is 0 Å². The molecule has 0 spiro atoms. The van der Waals surface area contributed by atoms with Gasteiger partial charge in [0.2, 0.25) is 0 Å². The Morgan fingerprint density at radius 1 is 1.14 bits per heavy atom. The van der Waals surface area contributed by atoms with Crippen LogP contribution in [-0.2, 0) is 22.5 Å². The third-order valence-electron chi connectivity index (χ3n) is 4.06. The van der Waals surface area contributed by atoms with E-state index < -0.39 is 5.97 Å². The Hall–Kier alpha value is -2.51. The van der Waals surface area contributed by atoms with Crippen LogP contribution in [0.4, 0.5) is 0 Å². The highest BCUT2D eigenvalue weighted by Gasteiger charge is 2.17.